The van der Waals surface area contributed by atoms with Gasteiger partial charge in [-0.2, -0.15) is 0 Å². The molecule has 0 radical (unpaired) electrons. The molecule has 4 aliphatic carbocycles. The van der Waals surface area contributed by atoms with E-state index in [-0.39, 0.29) is 5.91 Å². The number of amides is 1. The summed E-state index contributed by atoms with van der Waals surface area (Å²) < 4.78 is 0. The molecule has 4 heteroatoms. The van der Waals surface area contributed by atoms with Gasteiger partial charge in [0.1, 0.15) is 0 Å². The van der Waals surface area contributed by atoms with E-state index < -0.39 is 0 Å². The van der Waals surface area contributed by atoms with E-state index >= 15 is 0 Å². The summed E-state index contributed by atoms with van der Waals surface area (Å²) in [4.78, 5) is 17.6. The summed E-state index contributed by atoms with van der Waals surface area (Å²) in [5, 5.41) is 3.06. The fourth-order valence-corrected chi connectivity index (χ4v) is 6.94. The summed E-state index contributed by atoms with van der Waals surface area (Å²) in [6, 6.07) is 9.07. The maximum atomic E-state index is 12.5. The van der Waals surface area contributed by atoms with Gasteiger partial charge in [0.05, 0.1) is 6.54 Å². The molecule has 5 aliphatic rings. The maximum Gasteiger partial charge on any atom is 0.238 e. The number of benzene rings is 1. The second-order valence-corrected chi connectivity index (χ2v) is 9.83. The van der Waals surface area contributed by atoms with E-state index in [0.29, 0.717) is 6.54 Å². The second kappa shape index (κ2) is 7.79. The molecule has 0 spiro atoms. The Bertz CT molecular complexity index is 664. The van der Waals surface area contributed by atoms with Gasteiger partial charge in [-0.15, -0.1) is 0 Å². The van der Waals surface area contributed by atoms with Crippen LogP contribution in [0.4, 0.5) is 5.69 Å². The van der Waals surface area contributed by atoms with E-state index in [1.807, 2.05) is 12.1 Å². The van der Waals surface area contributed by atoms with Crippen LogP contribution in [-0.4, -0.2) is 54.5 Å². The molecule has 1 aromatic rings. The van der Waals surface area contributed by atoms with Crippen molar-refractivity contribution in [1.82, 2.24) is 9.80 Å². The Labute approximate surface area is 169 Å². The molecule has 1 aromatic carbocycles. The van der Waals surface area contributed by atoms with E-state index in [1.165, 1.54) is 37.7 Å². The highest BCUT2D eigenvalue weighted by atomic mass is 16.2. The molecule has 5 fully saturated rings. The maximum absolute atomic E-state index is 12.5. The number of nitrogens with zero attached hydrogens (tertiary/aromatic N) is 2. The van der Waals surface area contributed by atoms with Crippen molar-refractivity contribution in [3.05, 3.63) is 29.8 Å². The first-order valence-electron chi connectivity index (χ1n) is 11.5. The first-order valence-corrected chi connectivity index (χ1v) is 11.5. The standard InChI is InChI=1S/C24H35N3O/c1-2-17-3-5-22(6-4-17)25-23(28)16-26-7-9-27(10-8-26)24-20-12-18-11-19(14-20)15-21(24)13-18/h3-6,18-21,24H,2,7-16H2,1H3,(H,25,28). The SMILES string of the molecule is CCc1ccc(NC(=O)CN2CCN(C3C4CC5CC(C4)CC3C5)CC2)cc1. The third kappa shape index (κ3) is 3.73. The molecule has 0 aromatic heterocycles. The second-order valence-electron chi connectivity index (χ2n) is 9.83. The number of nitrogens with one attached hydrogen (secondary N) is 1. The molecular formula is C24H35N3O. The van der Waals surface area contributed by atoms with Gasteiger partial charge in [0.2, 0.25) is 5.91 Å². The van der Waals surface area contributed by atoms with Crippen molar-refractivity contribution in [3.63, 3.8) is 0 Å². The van der Waals surface area contributed by atoms with Crippen LogP contribution in [0.2, 0.25) is 0 Å². The normalized spacial score (nSPS) is 35.2. The molecule has 28 heavy (non-hydrogen) atoms. The lowest BCUT2D eigenvalue weighted by Gasteiger charge is -2.58. The molecule has 1 aliphatic heterocycles. The van der Waals surface area contributed by atoms with Crippen LogP contribution < -0.4 is 5.32 Å². The van der Waals surface area contributed by atoms with E-state index in [0.717, 1.165) is 68.0 Å². The van der Waals surface area contributed by atoms with Gasteiger partial charge < -0.3 is 5.32 Å². The summed E-state index contributed by atoms with van der Waals surface area (Å²) in [5.41, 5.74) is 2.22. The van der Waals surface area contributed by atoms with Gasteiger partial charge in [-0.05, 0) is 79.9 Å². The van der Waals surface area contributed by atoms with E-state index in [2.05, 4.69) is 34.2 Å². The summed E-state index contributed by atoms with van der Waals surface area (Å²) in [6.07, 6.45) is 8.55. The molecule has 6 rings (SSSR count). The summed E-state index contributed by atoms with van der Waals surface area (Å²) in [5.74, 6) is 4.16. The van der Waals surface area contributed by atoms with Gasteiger partial charge >= 0.3 is 0 Å². The molecule has 0 unspecified atom stereocenters. The van der Waals surface area contributed by atoms with Gasteiger partial charge in [-0.1, -0.05) is 19.1 Å². The van der Waals surface area contributed by atoms with Crippen molar-refractivity contribution < 1.29 is 4.79 Å². The number of hydrogen-bond acceptors (Lipinski definition) is 3. The molecule has 0 atom stereocenters. The van der Waals surface area contributed by atoms with Crippen LogP contribution in [0.3, 0.4) is 0 Å². The van der Waals surface area contributed by atoms with Crippen LogP contribution in [0.5, 0.6) is 0 Å². The Morgan fingerprint density at radius 1 is 0.929 bits per heavy atom. The molecule has 4 nitrogen and oxygen atoms in total. The molecule has 1 saturated heterocycles. The lowest BCUT2D eigenvalue weighted by molar-refractivity contribution is -0.118. The molecule has 4 bridgehead atoms. The molecule has 1 heterocycles. The number of carbonyl (C=O) groups excluding carboxylic acids is 1. The highest BCUT2D eigenvalue weighted by Crippen LogP contribution is 2.55. The lowest BCUT2D eigenvalue weighted by Crippen LogP contribution is -2.60. The van der Waals surface area contributed by atoms with Crippen molar-refractivity contribution >= 4 is 11.6 Å². The first-order chi connectivity index (χ1) is 13.7. The Hall–Kier alpha value is -1.39. The highest BCUT2D eigenvalue weighted by Gasteiger charge is 2.50. The average Bonchev–Trinajstić information content (AvgIpc) is 2.69. The third-order valence-corrected chi connectivity index (χ3v) is 8.02. The summed E-state index contributed by atoms with van der Waals surface area (Å²) >= 11 is 0. The minimum Gasteiger partial charge on any atom is -0.325 e. The molecule has 4 saturated carbocycles. The minimum atomic E-state index is 0.118. The predicted molar refractivity (Wildman–Crippen MR) is 113 cm³/mol. The summed E-state index contributed by atoms with van der Waals surface area (Å²) in [6.45, 7) is 7.02. The zero-order valence-electron chi connectivity index (χ0n) is 17.3. The van der Waals surface area contributed by atoms with E-state index in [9.17, 15) is 4.79 Å². The molecule has 152 valence electrons. The zero-order chi connectivity index (χ0) is 19.1. The van der Waals surface area contributed by atoms with Crippen LogP contribution in [0.15, 0.2) is 24.3 Å². The largest absolute Gasteiger partial charge is 0.325 e. The number of piperazine rings is 1. The Balaban J connectivity index is 1.11. The van der Waals surface area contributed by atoms with Crippen molar-refractivity contribution in [1.29, 1.82) is 0 Å². The van der Waals surface area contributed by atoms with Crippen molar-refractivity contribution in [3.8, 4) is 0 Å². The van der Waals surface area contributed by atoms with E-state index in [1.54, 1.807) is 0 Å². The van der Waals surface area contributed by atoms with Crippen LogP contribution >= 0.6 is 0 Å². The fraction of sp³-hybridized carbons (Fsp3) is 0.708. The van der Waals surface area contributed by atoms with Crippen molar-refractivity contribution in [2.24, 2.45) is 23.7 Å². The van der Waals surface area contributed by atoms with Crippen molar-refractivity contribution in [2.45, 2.75) is 51.5 Å². The third-order valence-electron chi connectivity index (χ3n) is 8.02. The lowest BCUT2D eigenvalue weighted by atomic mass is 9.54. The topological polar surface area (TPSA) is 35.6 Å². The Morgan fingerprint density at radius 3 is 2.11 bits per heavy atom. The van der Waals surface area contributed by atoms with Gasteiger partial charge in [-0.25, -0.2) is 0 Å². The predicted octanol–water partition coefficient (Wildman–Crippen LogP) is 3.63. The van der Waals surface area contributed by atoms with Crippen molar-refractivity contribution in [2.75, 3.05) is 38.0 Å². The number of aryl methyl sites for hydroxylation is 1. The molecular weight excluding hydrogens is 346 g/mol. The van der Waals surface area contributed by atoms with Crippen LogP contribution in [0, 0.1) is 23.7 Å². The first kappa shape index (κ1) is 18.6. The smallest absolute Gasteiger partial charge is 0.238 e. The average molecular weight is 382 g/mol. The monoisotopic (exact) mass is 381 g/mol. The summed E-state index contributed by atoms with van der Waals surface area (Å²) in [7, 11) is 0. The minimum absolute atomic E-state index is 0.118. The van der Waals surface area contributed by atoms with Gasteiger partial charge in [0.15, 0.2) is 0 Å². The number of rotatable bonds is 5. The number of carbonyl (C=O) groups is 1. The van der Waals surface area contributed by atoms with Crippen LogP contribution in [-0.2, 0) is 11.2 Å². The highest BCUT2D eigenvalue weighted by molar-refractivity contribution is 5.92. The Morgan fingerprint density at radius 2 is 1.54 bits per heavy atom. The quantitative estimate of drug-likeness (QED) is 0.846. The van der Waals surface area contributed by atoms with Crippen LogP contribution in [0.1, 0.15) is 44.6 Å². The van der Waals surface area contributed by atoms with Gasteiger partial charge in [-0.3, -0.25) is 14.6 Å². The molecule has 1 N–H and O–H groups in total. The zero-order valence-corrected chi connectivity index (χ0v) is 17.3. The van der Waals surface area contributed by atoms with Crippen LogP contribution in [0.25, 0.3) is 0 Å². The van der Waals surface area contributed by atoms with E-state index in [4.69, 9.17) is 0 Å². The van der Waals surface area contributed by atoms with Gasteiger partial charge in [0.25, 0.3) is 0 Å². The van der Waals surface area contributed by atoms with Gasteiger partial charge in [0, 0.05) is 37.9 Å². The number of hydrogen-bond donors (Lipinski definition) is 1. The Kier molecular flexibility index (Phi) is 5.18. The number of anilines is 1. The fourth-order valence-electron chi connectivity index (χ4n) is 6.94. The molecule has 1 amide bonds.